The van der Waals surface area contributed by atoms with Crippen LogP contribution >= 0.6 is 23.2 Å². The Morgan fingerprint density at radius 1 is 1.10 bits per heavy atom. The second kappa shape index (κ2) is 6.84. The molecule has 0 spiro atoms. The van der Waals surface area contributed by atoms with Crippen LogP contribution in [0.1, 0.15) is 32.1 Å². The van der Waals surface area contributed by atoms with E-state index in [-0.39, 0.29) is 33.5 Å². The average Bonchev–Trinajstić information content (AvgIpc) is 2.45. The van der Waals surface area contributed by atoms with Crippen molar-refractivity contribution in [3.05, 3.63) is 28.2 Å². The van der Waals surface area contributed by atoms with Crippen LogP contribution in [0.3, 0.4) is 0 Å². The molecule has 0 saturated heterocycles. The van der Waals surface area contributed by atoms with Crippen molar-refractivity contribution in [1.82, 2.24) is 4.72 Å². The number of halogens is 2. The number of hydrogen-bond donors (Lipinski definition) is 2. The molecule has 0 heterocycles. The lowest BCUT2D eigenvalue weighted by Gasteiger charge is -2.35. The molecule has 1 aromatic rings. The number of sulfonamides is 1. The topological polar surface area (TPSA) is 66.4 Å². The van der Waals surface area contributed by atoms with Crippen LogP contribution in [0.5, 0.6) is 0 Å². The lowest BCUT2D eigenvalue weighted by Crippen LogP contribution is -2.41. The van der Waals surface area contributed by atoms with Crippen molar-refractivity contribution in [2.24, 2.45) is 5.41 Å². The third kappa shape index (κ3) is 4.33. The Kier molecular flexibility index (Phi) is 5.54. The highest BCUT2D eigenvalue weighted by Crippen LogP contribution is 2.35. The summed E-state index contributed by atoms with van der Waals surface area (Å²) in [5.41, 5.74) is -0.353. The molecule has 0 aromatic heterocycles. The minimum Gasteiger partial charge on any atom is -0.396 e. The molecular weight excluding hydrogens is 333 g/mol. The SMILES string of the molecule is O=S(=O)(NCC1(CO)CCCCC1)c1cc(Cl)cc(Cl)c1. The molecule has 1 fully saturated rings. The van der Waals surface area contributed by atoms with Gasteiger partial charge in [0.2, 0.25) is 10.0 Å². The van der Waals surface area contributed by atoms with E-state index in [2.05, 4.69) is 4.72 Å². The van der Waals surface area contributed by atoms with Crippen molar-refractivity contribution in [2.75, 3.05) is 13.2 Å². The fraction of sp³-hybridized carbons (Fsp3) is 0.571. The Hall–Kier alpha value is -0.330. The molecular formula is C14H19Cl2NO3S. The first kappa shape index (κ1) is 17.0. The summed E-state index contributed by atoms with van der Waals surface area (Å²) in [6.45, 7) is 0.224. The van der Waals surface area contributed by atoms with Gasteiger partial charge in [-0.05, 0) is 31.0 Å². The van der Waals surface area contributed by atoms with Gasteiger partial charge in [0.05, 0.1) is 4.90 Å². The van der Waals surface area contributed by atoms with Crippen LogP contribution < -0.4 is 4.72 Å². The van der Waals surface area contributed by atoms with E-state index >= 15 is 0 Å². The highest BCUT2D eigenvalue weighted by molar-refractivity contribution is 7.89. The Labute approximate surface area is 135 Å². The summed E-state index contributed by atoms with van der Waals surface area (Å²) in [6.07, 6.45) is 4.85. The predicted octanol–water partition coefficient (Wildman–Crippen LogP) is 3.21. The zero-order valence-electron chi connectivity index (χ0n) is 11.6. The molecule has 4 nitrogen and oxygen atoms in total. The highest BCUT2D eigenvalue weighted by atomic mass is 35.5. The Morgan fingerprint density at radius 3 is 2.19 bits per heavy atom. The summed E-state index contributed by atoms with van der Waals surface area (Å²) in [7, 11) is -3.68. The summed E-state index contributed by atoms with van der Waals surface area (Å²) in [6, 6.07) is 4.21. The molecule has 2 N–H and O–H groups in total. The van der Waals surface area contributed by atoms with Crippen LogP contribution in [0, 0.1) is 5.41 Å². The van der Waals surface area contributed by atoms with Crippen molar-refractivity contribution in [2.45, 2.75) is 37.0 Å². The largest absolute Gasteiger partial charge is 0.396 e. The first-order chi connectivity index (χ1) is 9.87. The van der Waals surface area contributed by atoms with Crippen molar-refractivity contribution in [1.29, 1.82) is 0 Å². The van der Waals surface area contributed by atoms with E-state index in [0.29, 0.717) is 0 Å². The summed E-state index contributed by atoms with van der Waals surface area (Å²) >= 11 is 11.7. The summed E-state index contributed by atoms with van der Waals surface area (Å²) in [4.78, 5) is 0.0453. The van der Waals surface area contributed by atoms with E-state index in [4.69, 9.17) is 23.2 Å². The number of rotatable bonds is 5. The van der Waals surface area contributed by atoms with Gasteiger partial charge in [-0.15, -0.1) is 0 Å². The summed E-state index contributed by atoms with van der Waals surface area (Å²) in [5, 5.41) is 10.2. The minimum absolute atomic E-state index is 0.00811. The molecule has 0 aliphatic heterocycles. The standard InChI is InChI=1S/C14H19Cl2NO3S/c15-11-6-12(16)8-13(7-11)21(19,20)17-9-14(10-18)4-2-1-3-5-14/h6-8,17-18H,1-5,9-10H2. The normalized spacial score (nSPS) is 18.6. The molecule has 2 rings (SSSR count). The molecule has 1 aliphatic carbocycles. The fourth-order valence-corrected chi connectivity index (χ4v) is 4.59. The minimum atomic E-state index is -3.68. The molecule has 21 heavy (non-hydrogen) atoms. The second-order valence-electron chi connectivity index (χ2n) is 5.65. The van der Waals surface area contributed by atoms with E-state index < -0.39 is 10.0 Å². The van der Waals surface area contributed by atoms with Gasteiger partial charge in [-0.25, -0.2) is 13.1 Å². The Balaban J connectivity index is 2.13. The maximum atomic E-state index is 12.3. The first-order valence-electron chi connectivity index (χ1n) is 6.94. The molecule has 0 bridgehead atoms. The van der Waals surface area contributed by atoms with Gasteiger partial charge in [0.15, 0.2) is 0 Å². The van der Waals surface area contributed by atoms with Gasteiger partial charge in [0, 0.05) is 28.6 Å². The van der Waals surface area contributed by atoms with Crippen LogP contribution in [0.4, 0.5) is 0 Å². The van der Waals surface area contributed by atoms with Crippen LogP contribution in [-0.4, -0.2) is 26.7 Å². The number of hydrogen-bond acceptors (Lipinski definition) is 3. The van der Waals surface area contributed by atoms with E-state index in [1.165, 1.54) is 18.2 Å². The molecule has 0 atom stereocenters. The van der Waals surface area contributed by atoms with Gasteiger partial charge in [-0.1, -0.05) is 42.5 Å². The van der Waals surface area contributed by atoms with Gasteiger partial charge < -0.3 is 5.11 Å². The van der Waals surface area contributed by atoms with Crippen molar-refractivity contribution in [3.8, 4) is 0 Å². The fourth-order valence-electron chi connectivity index (χ4n) is 2.71. The number of aliphatic hydroxyl groups is 1. The Bertz CT molecular complexity index is 578. The van der Waals surface area contributed by atoms with Crippen molar-refractivity contribution >= 4 is 33.2 Å². The zero-order chi connectivity index (χ0) is 15.5. The maximum Gasteiger partial charge on any atom is 0.240 e. The lowest BCUT2D eigenvalue weighted by molar-refractivity contribution is 0.0867. The molecule has 1 aromatic carbocycles. The molecule has 1 saturated carbocycles. The van der Waals surface area contributed by atoms with Crippen LogP contribution in [-0.2, 0) is 10.0 Å². The smallest absolute Gasteiger partial charge is 0.240 e. The highest BCUT2D eigenvalue weighted by Gasteiger charge is 2.33. The average molecular weight is 352 g/mol. The zero-order valence-corrected chi connectivity index (χ0v) is 13.9. The van der Waals surface area contributed by atoms with Gasteiger partial charge in [0.25, 0.3) is 0 Å². The number of aliphatic hydroxyl groups excluding tert-OH is 1. The molecule has 7 heteroatoms. The van der Waals surface area contributed by atoms with E-state index in [9.17, 15) is 13.5 Å². The van der Waals surface area contributed by atoms with Crippen molar-refractivity contribution < 1.29 is 13.5 Å². The van der Waals surface area contributed by atoms with Crippen LogP contribution in [0.2, 0.25) is 10.0 Å². The van der Waals surface area contributed by atoms with E-state index in [0.717, 1.165) is 32.1 Å². The maximum absolute atomic E-state index is 12.3. The molecule has 0 radical (unpaired) electrons. The molecule has 118 valence electrons. The van der Waals surface area contributed by atoms with E-state index in [1.54, 1.807) is 0 Å². The van der Waals surface area contributed by atoms with Crippen molar-refractivity contribution in [3.63, 3.8) is 0 Å². The van der Waals surface area contributed by atoms with Crippen LogP contribution in [0.15, 0.2) is 23.1 Å². The molecule has 0 amide bonds. The predicted molar refractivity (Wildman–Crippen MR) is 84.3 cm³/mol. The number of nitrogens with one attached hydrogen (secondary N) is 1. The summed E-state index contributed by atoms with van der Waals surface area (Å²) in [5.74, 6) is 0. The lowest BCUT2D eigenvalue weighted by atomic mass is 9.75. The van der Waals surface area contributed by atoms with Gasteiger partial charge in [-0.2, -0.15) is 0 Å². The van der Waals surface area contributed by atoms with Gasteiger partial charge >= 0.3 is 0 Å². The molecule has 1 aliphatic rings. The second-order valence-corrected chi connectivity index (χ2v) is 8.29. The first-order valence-corrected chi connectivity index (χ1v) is 9.17. The van der Waals surface area contributed by atoms with Crippen LogP contribution in [0.25, 0.3) is 0 Å². The third-order valence-corrected chi connectivity index (χ3v) is 5.85. The Morgan fingerprint density at radius 2 is 1.67 bits per heavy atom. The molecule has 0 unspecified atom stereocenters. The van der Waals surface area contributed by atoms with E-state index in [1.807, 2.05) is 0 Å². The third-order valence-electron chi connectivity index (χ3n) is 4.03. The monoisotopic (exact) mass is 351 g/mol. The quantitative estimate of drug-likeness (QED) is 0.855. The summed E-state index contributed by atoms with van der Waals surface area (Å²) < 4.78 is 27.2. The van der Waals surface area contributed by atoms with Gasteiger partial charge in [0.1, 0.15) is 0 Å². The van der Waals surface area contributed by atoms with Gasteiger partial charge in [-0.3, -0.25) is 0 Å². The number of benzene rings is 1.